The third-order valence-corrected chi connectivity index (χ3v) is 3.38. The average molecular weight is 288 g/mol. The summed E-state index contributed by atoms with van der Waals surface area (Å²) >= 11 is 0. The van der Waals surface area contributed by atoms with Crippen molar-refractivity contribution in [2.75, 3.05) is 0 Å². The van der Waals surface area contributed by atoms with Crippen molar-refractivity contribution in [1.29, 1.82) is 0 Å². The number of fused-ring (bicyclic) bond motifs is 3. The average Bonchev–Trinajstić information content (AvgIpc) is 2.68. The smallest absolute Gasteiger partial charge is 0.428 e. The van der Waals surface area contributed by atoms with Crippen molar-refractivity contribution in [3.8, 4) is 5.75 Å². The Bertz CT molecular complexity index is 763. The van der Waals surface area contributed by atoms with Gasteiger partial charge >= 0.3 is 11.8 Å². The van der Waals surface area contributed by atoms with Gasteiger partial charge in [-0.15, -0.1) is 0 Å². The number of halogens is 4. The van der Waals surface area contributed by atoms with Gasteiger partial charge in [-0.3, -0.25) is 0 Å². The number of ether oxygens (including phenoxy) is 1. The molecule has 2 aromatic rings. The van der Waals surface area contributed by atoms with Crippen molar-refractivity contribution >= 4 is 11.0 Å². The first kappa shape index (κ1) is 13.0. The molecular formula is C13H8F4O3. The van der Waals surface area contributed by atoms with E-state index in [1.807, 2.05) is 0 Å². The van der Waals surface area contributed by atoms with E-state index in [0.717, 1.165) is 13.0 Å². The zero-order valence-corrected chi connectivity index (χ0v) is 10.2. The van der Waals surface area contributed by atoms with Gasteiger partial charge in [-0.05, 0) is 19.1 Å². The van der Waals surface area contributed by atoms with Crippen LogP contribution in [0.4, 0.5) is 17.6 Å². The monoisotopic (exact) mass is 288 g/mol. The highest BCUT2D eigenvalue weighted by Gasteiger charge is 2.58. The van der Waals surface area contributed by atoms with E-state index < -0.39 is 35.4 Å². The second-order valence-electron chi connectivity index (χ2n) is 4.82. The molecule has 0 fully saturated rings. The quantitative estimate of drug-likeness (QED) is 0.552. The highest BCUT2D eigenvalue weighted by Crippen LogP contribution is 2.45. The fourth-order valence-electron chi connectivity index (χ4n) is 2.29. The summed E-state index contributed by atoms with van der Waals surface area (Å²) in [5.41, 5.74) is -3.79. The van der Waals surface area contributed by atoms with Crippen molar-refractivity contribution in [1.82, 2.24) is 0 Å². The minimum Gasteiger partial charge on any atom is -0.470 e. The van der Waals surface area contributed by atoms with Gasteiger partial charge in [0.1, 0.15) is 11.4 Å². The summed E-state index contributed by atoms with van der Waals surface area (Å²) in [5.74, 6) is -1.32. The molecule has 0 radical (unpaired) electrons. The highest BCUT2D eigenvalue weighted by atomic mass is 19.4. The van der Waals surface area contributed by atoms with Crippen LogP contribution >= 0.6 is 0 Å². The Morgan fingerprint density at radius 1 is 1.30 bits per heavy atom. The summed E-state index contributed by atoms with van der Waals surface area (Å²) in [5, 5.41) is -0.143. The fourth-order valence-corrected chi connectivity index (χ4v) is 2.29. The van der Waals surface area contributed by atoms with E-state index in [2.05, 4.69) is 0 Å². The van der Waals surface area contributed by atoms with Crippen molar-refractivity contribution in [2.24, 2.45) is 0 Å². The molecule has 3 nitrogen and oxygen atoms in total. The van der Waals surface area contributed by atoms with Gasteiger partial charge in [-0.25, -0.2) is 9.18 Å². The van der Waals surface area contributed by atoms with Crippen LogP contribution in [-0.2, 0) is 6.42 Å². The topological polar surface area (TPSA) is 39.4 Å². The van der Waals surface area contributed by atoms with Gasteiger partial charge in [0.2, 0.25) is 11.4 Å². The molecule has 106 valence electrons. The highest BCUT2D eigenvalue weighted by molar-refractivity contribution is 5.83. The lowest BCUT2D eigenvalue weighted by atomic mass is 9.96. The maximum Gasteiger partial charge on any atom is 0.428 e. The van der Waals surface area contributed by atoms with E-state index in [9.17, 15) is 22.4 Å². The summed E-state index contributed by atoms with van der Waals surface area (Å²) in [6.45, 7) is 0.819. The van der Waals surface area contributed by atoms with Gasteiger partial charge in [-0.1, -0.05) is 6.07 Å². The minimum absolute atomic E-state index is 0.0937. The molecule has 0 amide bonds. The Hall–Kier alpha value is -2.05. The first-order valence-corrected chi connectivity index (χ1v) is 5.73. The number of alkyl halides is 3. The van der Waals surface area contributed by atoms with Crippen LogP contribution in [0.2, 0.25) is 0 Å². The molecule has 20 heavy (non-hydrogen) atoms. The molecule has 0 saturated carbocycles. The number of rotatable bonds is 0. The van der Waals surface area contributed by atoms with Gasteiger partial charge in [0.05, 0.1) is 5.39 Å². The summed E-state index contributed by atoms with van der Waals surface area (Å²) < 4.78 is 62.4. The molecule has 1 aliphatic rings. The second-order valence-corrected chi connectivity index (χ2v) is 4.82. The number of benzene rings is 1. The zero-order valence-electron chi connectivity index (χ0n) is 10.2. The summed E-state index contributed by atoms with van der Waals surface area (Å²) in [7, 11) is 0. The molecule has 1 atom stereocenters. The Labute approximate surface area is 109 Å². The lowest BCUT2D eigenvalue weighted by Gasteiger charge is -2.26. The molecule has 0 spiro atoms. The SMILES string of the molecule is CC1(C(F)(F)F)Cc2c(c(=O)oc3cccc(F)c23)O1. The van der Waals surface area contributed by atoms with Crippen LogP contribution in [0.5, 0.6) is 5.75 Å². The Kier molecular flexibility index (Phi) is 2.42. The third kappa shape index (κ3) is 1.62. The molecule has 1 unspecified atom stereocenters. The molecule has 7 heteroatoms. The van der Waals surface area contributed by atoms with E-state index >= 15 is 0 Å². The van der Waals surface area contributed by atoms with Gasteiger partial charge in [-0.2, -0.15) is 13.2 Å². The minimum atomic E-state index is -4.68. The van der Waals surface area contributed by atoms with E-state index in [1.54, 1.807) is 0 Å². The van der Waals surface area contributed by atoms with Gasteiger partial charge in [0, 0.05) is 12.0 Å². The molecule has 3 rings (SSSR count). The van der Waals surface area contributed by atoms with Crippen LogP contribution in [0.15, 0.2) is 27.4 Å². The van der Waals surface area contributed by atoms with Crippen LogP contribution in [0.1, 0.15) is 12.5 Å². The molecular weight excluding hydrogens is 280 g/mol. The van der Waals surface area contributed by atoms with Gasteiger partial charge < -0.3 is 9.15 Å². The molecule has 1 aromatic carbocycles. The first-order valence-electron chi connectivity index (χ1n) is 5.73. The predicted molar refractivity (Wildman–Crippen MR) is 61.2 cm³/mol. The van der Waals surface area contributed by atoms with Gasteiger partial charge in [0.15, 0.2) is 0 Å². The van der Waals surface area contributed by atoms with Crippen LogP contribution in [0.25, 0.3) is 11.0 Å². The number of hydrogen-bond acceptors (Lipinski definition) is 3. The van der Waals surface area contributed by atoms with E-state index in [1.165, 1.54) is 12.1 Å². The van der Waals surface area contributed by atoms with Crippen molar-refractivity contribution in [2.45, 2.75) is 25.1 Å². The molecule has 0 bridgehead atoms. The van der Waals surface area contributed by atoms with Crippen molar-refractivity contribution in [3.63, 3.8) is 0 Å². The van der Waals surface area contributed by atoms with E-state index in [-0.39, 0.29) is 16.5 Å². The maximum absolute atomic E-state index is 13.8. The molecule has 0 saturated heterocycles. The van der Waals surface area contributed by atoms with Crippen molar-refractivity contribution < 1.29 is 26.7 Å². The van der Waals surface area contributed by atoms with Crippen LogP contribution in [-0.4, -0.2) is 11.8 Å². The summed E-state index contributed by atoms with van der Waals surface area (Å²) in [6, 6.07) is 3.72. The second kappa shape index (κ2) is 3.74. The van der Waals surface area contributed by atoms with E-state index in [4.69, 9.17) is 9.15 Å². The van der Waals surface area contributed by atoms with Crippen molar-refractivity contribution in [3.05, 3.63) is 40.0 Å². The molecule has 0 aliphatic carbocycles. The van der Waals surface area contributed by atoms with Crippen LogP contribution in [0.3, 0.4) is 0 Å². The molecule has 2 heterocycles. The third-order valence-electron chi connectivity index (χ3n) is 3.38. The summed E-state index contributed by atoms with van der Waals surface area (Å²) in [4.78, 5) is 11.7. The lowest BCUT2D eigenvalue weighted by molar-refractivity contribution is -0.235. The molecule has 1 aliphatic heterocycles. The predicted octanol–water partition coefficient (Wildman–Crippen LogP) is 3.19. The van der Waals surface area contributed by atoms with E-state index in [0.29, 0.717) is 0 Å². The number of hydrogen-bond donors (Lipinski definition) is 0. The van der Waals surface area contributed by atoms with Crippen LogP contribution < -0.4 is 10.4 Å². The molecule has 0 N–H and O–H groups in total. The fraction of sp³-hybridized carbons (Fsp3) is 0.308. The molecule has 1 aromatic heterocycles. The van der Waals surface area contributed by atoms with Crippen LogP contribution in [0, 0.1) is 5.82 Å². The Morgan fingerprint density at radius 2 is 2.00 bits per heavy atom. The van der Waals surface area contributed by atoms with Gasteiger partial charge in [0.25, 0.3) is 0 Å². The normalized spacial score (nSPS) is 21.9. The lowest BCUT2D eigenvalue weighted by Crippen LogP contribution is -2.46. The maximum atomic E-state index is 13.8. The Balaban J connectivity index is 2.31. The largest absolute Gasteiger partial charge is 0.470 e. The zero-order chi connectivity index (χ0) is 14.7. The standard InChI is InChI=1S/C13H8F4O3/c1-12(13(15,16)17)5-6-9-7(14)3-2-4-8(9)19-11(18)10(6)20-12/h2-4H,5H2,1H3. The first-order chi connectivity index (χ1) is 9.23. The Morgan fingerprint density at radius 3 is 2.65 bits per heavy atom. The summed E-state index contributed by atoms with van der Waals surface area (Å²) in [6.07, 6.45) is -5.31.